The molecule has 4 N–H and O–H groups in total. The minimum atomic E-state index is -0.850. The van der Waals surface area contributed by atoms with Gasteiger partial charge in [0.2, 0.25) is 5.91 Å². The van der Waals surface area contributed by atoms with Gasteiger partial charge in [0.25, 0.3) is 0 Å². The van der Waals surface area contributed by atoms with Gasteiger partial charge in [0.1, 0.15) is 0 Å². The fourth-order valence-corrected chi connectivity index (χ4v) is 2.67. The molecule has 118 valence electrons. The predicted octanol–water partition coefficient (Wildman–Crippen LogP) is 0.455. The van der Waals surface area contributed by atoms with Crippen LogP contribution in [0.1, 0.15) is 38.5 Å². The summed E-state index contributed by atoms with van der Waals surface area (Å²) in [6, 6.07) is -0.675. The summed E-state index contributed by atoms with van der Waals surface area (Å²) in [6.07, 6.45) is 5.05. The van der Waals surface area contributed by atoms with Crippen molar-refractivity contribution in [1.29, 1.82) is 0 Å². The third kappa shape index (κ3) is 4.91. The molecule has 7 heteroatoms. The number of rotatable bonds is 6. The molecule has 0 heterocycles. The number of aliphatic carboxylic acids is 1. The van der Waals surface area contributed by atoms with Crippen molar-refractivity contribution < 1.29 is 19.5 Å². The molecule has 0 aliphatic heterocycles. The summed E-state index contributed by atoms with van der Waals surface area (Å²) in [4.78, 5) is 34.3. The molecule has 2 fully saturated rings. The van der Waals surface area contributed by atoms with Gasteiger partial charge in [-0.15, -0.1) is 0 Å². The number of amides is 3. The van der Waals surface area contributed by atoms with Crippen molar-refractivity contribution in [3.63, 3.8) is 0 Å². The van der Waals surface area contributed by atoms with Crippen LogP contribution in [-0.4, -0.2) is 42.1 Å². The molecule has 2 aliphatic carbocycles. The van der Waals surface area contributed by atoms with Crippen LogP contribution in [0.25, 0.3) is 0 Å². The molecule has 2 atom stereocenters. The van der Waals surface area contributed by atoms with E-state index in [-0.39, 0.29) is 23.9 Å². The summed E-state index contributed by atoms with van der Waals surface area (Å²) in [7, 11) is 0. The number of hydrogen-bond donors (Lipinski definition) is 4. The lowest BCUT2D eigenvalue weighted by Crippen LogP contribution is -2.49. The van der Waals surface area contributed by atoms with Crippen molar-refractivity contribution in [2.24, 2.45) is 11.8 Å². The van der Waals surface area contributed by atoms with Gasteiger partial charge in [-0.25, -0.2) is 4.79 Å². The van der Waals surface area contributed by atoms with E-state index in [1.54, 1.807) is 0 Å². The third-order valence-electron chi connectivity index (χ3n) is 4.06. The Labute approximate surface area is 123 Å². The number of nitrogens with one attached hydrogen (secondary N) is 3. The maximum Gasteiger partial charge on any atom is 0.315 e. The summed E-state index contributed by atoms with van der Waals surface area (Å²) in [6.45, 7) is 0.741. The number of carboxylic acid groups (broad SMARTS) is 1. The smallest absolute Gasteiger partial charge is 0.315 e. The molecule has 21 heavy (non-hydrogen) atoms. The molecule has 2 aliphatic rings. The molecule has 2 saturated carbocycles. The largest absolute Gasteiger partial charge is 0.481 e. The Morgan fingerprint density at radius 1 is 0.952 bits per heavy atom. The Bertz CT molecular complexity index is 409. The standard InChI is InChI=1S/C14H23N3O4/c18-12(9-5-6-9)15-7-8-16-14(21)17-11-4-2-1-3-10(11)13(19)20/h9-11H,1-8H2,(H,15,18)(H,19,20)(H2,16,17,21). The number of hydrogen-bond acceptors (Lipinski definition) is 3. The lowest BCUT2D eigenvalue weighted by atomic mass is 9.84. The van der Waals surface area contributed by atoms with E-state index in [4.69, 9.17) is 5.11 Å². The van der Waals surface area contributed by atoms with Gasteiger partial charge < -0.3 is 21.1 Å². The average Bonchev–Trinajstić information content (AvgIpc) is 3.28. The van der Waals surface area contributed by atoms with Crippen molar-refractivity contribution in [2.75, 3.05) is 13.1 Å². The van der Waals surface area contributed by atoms with Crippen LogP contribution in [0.15, 0.2) is 0 Å². The zero-order valence-corrected chi connectivity index (χ0v) is 12.1. The summed E-state index contributed by atoms with van der Waals surface area (Å²) in [5, 5.41) is 17.3. The monoisotopic (exact) mass is 297 g/mol. The highest BCUT2D eigenvalue weighted by atomic mass is 16.4. The van der Waals surface area contributed by atoms with E-state index >= 15 is 0 Å². The molecule has 3 amide bonds. The van der Waals surface area contributed by atoms with Crippen LogP contribution in [0.3, 0.4) is 0 Å². The first-order chi connectivity index (χ1) is 10.1. The number of carbonyl (C=O) groups is 3. The number of carboxylic acids is 1. The zero-order valence-electron chi connectivity index (χ0n) is 12.1. The van der Waals surface area contributed by atoms with E-state index in [1.165, 1.54) is 0 Å². The molecule has 0 aromatic rings. The van der Waals surface area contributed by atoms with Crippen LogP contribution in [0.4, 0.5) is 4.79 Å². The van der Waals surface area contributed by atoms with Crippen LogP contribution in [0.2, 0.25) is 0 Å². The molecular formula is C14H23N3O4. The van der Waals surface area contributed by atoms with Gasteiger partial charge in [-0.3, -0.25) is 9.59 Å². The Morgan fingerprint density at radius 2 is 1.62 bits per heavy atom. The normalized spacial score (nSPS) is 25.0. The van der Waals surface area contributed by atoms with Gasteiger partial charge in [-0.05, 0) is 25.7 Å². The first-order valence-electron chi connectivity index (χ1n) is 7.63. The first-order valence-corrected chi connectivity index (χ1v) is 7.63. The van der Waals surface area contributed by atoms with E-state index in [9.17, 15) is 14.4 Å². The highest BCUT2D eigenvalue weighted by Crippen LogP contribution is 2.28. The molecule has 2 rings (SSSR count). The Kier molecular flexibility index (Phi) is 5.41. The summed E-state index contributed by atoms with van der Waals surface area (Å²) < 4.78 is 0. The second-order valence-corrected chi connectivity index (χ2v) is 5.80. The number of carbonyl (C=O) groups excluding carboxylic acids is 2. The van der Waals surface area contributed by atoms with E-state index in [2.05, 4.69) is 16.0 Å². The highest BCUT2D eigenvalue weighted by molar-refractivity contribution is 5.81. The zero-order chi connectivity index (χ0) is 15.2. The summed E-state index contributed by atoms with van der Waals surface area (Å²) in [5.74, 6) is -1.14. The van der Waals surface area contributed by atoms with Crippen LogP contribution in [-0.2, 0) is 9.59 Å². The number of urea groups is 1. The van der Waals surface area contributed by atoms with E-state index < -0.39 is 11.9 Å². The second-order valence-electron chi connectivity index (χ2n) is 5.80. The molecule has 0 aromatic heterocycles. The average molecular weight is 297 g/mol. The van der Waals surface area contributed by atoms with Crippen molar-refractivity contribution in [2.45, 2.75) is 44.6 Å². The fourth-order valence-electron chi connectivity index (χ4n) is 2.67. The van der Waals surface area contributed by atoms with Gasteiger partial charge in [0, 0.05) is 25.0 Å². The van der Waals surface area contributed by atoms with Crippen molar-refractivity contribution >= 4 is 17.9 Å². The van der Waals surface area contributed by atoms with Crippen LogP contribution >= 0.6 is 0 Å². The predicted molar refractivity (Wildman–Crippen MR) is 75.6 cm³/mol. The van der Waals surface area contributed by atoms with Gasteiger partial charge in [0.15, 0.2) is 0 Å². The van der Waals surface area contributed by atoms with Crippen molar-refractivity contribution in [3.8, 4) is 0 Å². The molecule has 0 aromatic carbocycles. The molecule has 0 radical (unpaired) electrons. The van der Waals surface area contributed by atoms with Crippen LogP contribution in [0, 0.1) is 11.8 Å². The van der Waals surface area contributed by atoms with Gasteiger partial charge in [-0.2, -0.15) is 0 Å². The maximum atomic E-state index is 11.7. The van der Waals surface area contributed by atoms with Gasteiger partial charge in [0.05, 0.1) is 5.92 Å². The molecular weight excluding hydrogens is 274 g/mol. The Balaban J connectivity index is 1.63. The second kappa shape index (κ2) is 7.28. The molecule has 7 nitrogen and oxygen atoms in total. The van der Waals surface area contributed by atoms with Crippen LogP contribution in [0.5, 0.6) is 0 Å². The van der Waals surface area contributed by atoms with E-state index in [0.29, 0.717) is 25.9 Å². The molecule has 0 bridgehead atoms. The molecule has 0 spiro atoms. The topological polar surface area (TPSA) is 108 Å². The lowest BCUT2D eigenvalue weighted by molar-refractivity contribution is -0.143. The quantitative estimate of drug-likeness (QED) is 0.534. The minimum Gasteiger partial charge on any atom is -0.481 e. The Morgan fingerprint density at radius 3 is 2.29 bits per heavy atom. The highest BCUT2D eigenvalue weighted by Gasteiger charge is 2.32. The fraction of sp³-hybridized carbons (Fsp3) is 0.786. The van der Waals surface area contributed by atoms with Crippen LogP contribution < -0.4 is 16.0 Å². The van der Waals surface area contributed by atoms with Gasteiger partial charge >= 0.3 is 12.0 Å². The van der Waals surface area contributed by atoms with E-state index in [0.717, 1.165) is 25.7 Å². The maximum absolute atomic E-state index is 11.7. The Hall–Kier alpha value is -1.79. The van der Waals surface area contributed by atoms with Gasteiger partial charge in [-0.1, -0.05) is 12.8 Å². The SMILES string of the molecule is O=C(NCCNC(=O)C1CC1)NC1CCCCC1C(=O)O. The first kappa shape index (κ1) is 15.6. The summed E-state index contributed by atoms with van der Waals surface area (Å²) >= 11 is 0. The summed E-state index contributed by atoms with van der Waals surface area (Å²) in [5.41, 5.74) is 0. The lowest BCUT2D eigenvalue weighted by Gasteiger charge is -2.29. The molecule has 2 unspecified atom stereocenters. The third-order valence-corrected chi connectivity index (χ3v) is 4.06. The van der Waals surface area contributed by atoms with E-state index in [1.807, 2.05) is 0 Å². The minimum absolute atomic E-state index is 0.0513. The molecule has 0 saturated heterocycles. The van der Waals surface area contributed by atoms with Crippen molar-refractivity contribution in [1.82, 2.24) is 16.0 Å². The van der Waals surface area contributed by atoms with Crippen molar-refractivity contribution in [3.05, 3.63) is 0 Å².